The van der Waals surface area contributed by atoms with Crippen molar-refractivity contribution in [1.29, 1.82) is 0 Å². The highest BCUT2D eigenvalue weighted by molar-refractivity contribution is 7.99. The predicted octanol–water partition coefficient (Wildman–Crippen LogP) is 2.13. The molecule has 2 heterocycles. The summed E-state index contributed by atoms with van der Waals surface area (Å²) in [4.78, 5) is 10.9. The number of aromatic nitrogens is 2. The van der Waals surface area contributed by atoms with Gasteiger partial charge >= 0.3 is 0 Å². The van der Waals surface area contributed by atoms with Gasteiger partial charge in [-0.1, -0.05) is 13.8 Å². The summed E-state index contributed by atoms with van der Waals surface area (Å²) < 4.78 is 0. The van der Waals surface area contributed by atoms with Crippen molar-refractivity contribution in [3.05, 3.63) is 11.9 Å². The molecule has 0 amide bonds. The number of nitrogens with zero attached hydrogens (tertiary/aromatic N) is 3. The third-order valence-corrected chi connectivity index (χ3v) is 4.04. The maximum atomic E-state index is 5.99. The van der Waals surface area contributed by atoms with Crippen molar-refractivity contribution in [2.75, 3.05) is 35.2 Å². The molecule has 1 aromatic rings. The van der Waals surface area contributed by atoms with Crippen LogP contribution in [0.25, 0.3) is 0 Å². The average molecular weight is 252 g/mol. The van der Waals surface area contributed by atoms with Crippen molar-refractivity contribution >= 4 is 23.4 Å². The fourth-order valence-electron chi connectivity index (χ4n) is 2.16. The molecule has 1 aromatic heterocycles. The van der Waals surface area contributed by atoms with Gasteiger partial charge in [0.1, 0.15) is 18.0 Å². The quantitative estimate of drug-likeness (QED) is 0.874. The number of thioether (sulfide) groups is 1. The predicted molar refractivity (Wildman–Crippen MR) is 74.7 cm³/mol. The van der Waals surface area contributed by atoms with Crippen molar-refractivity contribution in [2.45, 2.75) is 26.2 Å². The largest absolute Gasteiger partial charge is 0.383 e. The summed E-state index contributed by atoms with van der Waals surface area (Å²) in [6, 6.07) is 0. The van der Waals surface area contributed by atoms with Crippen molar-refractivity contribution in [2.24, 2.45) is 0 Å². The minimum absolute atomic E-state index is 0.363. The standard InChI is InChI=1S/C12H20N4S/c1-9(2)10-11(13)14-8-15-12(10)16-4-3-6-17-7-5-16/h8-9H,3-7H2,1-2H3,(H2,13,14,15). The normalized spacial score (nSPS) is 17.2. The summed E-state index contributed by atoms with van der Waals surface area (Å²) in [5.41, 5.74) is 7.08. The zero-order chi connectivity index (χ0) is 12.3. The van der Waals surface area contributed by atoms with Gasteiger partial charge in [0.25, 0.3) is 0 Å². The lowest BCUT2D eigenvalue weighted by atomic mass is 10.0. The number of rotatable bonds is 2. The van der Waals surface area contributed by atoms with Gasteiger partial charge in [-0.25, -0.2) is 9.97 Å². The minimum Gasteiger partial charge on any atom is -0.383 e. The Bertz CT molecular complexity index is 373. The van der Waals surface area contributed by atoms with E-state index in [1.165, 1.54) is 17.9 Å². The molecule has 0 bridgehead atoms. The van der Waals surface area contributed by atoms with E-state index in [1.54, 1.807) is 6.33 Å². The zero-order valence-electron chi connectivity index (χ0n) is 10.5. The van der Waals surface area contributed by atoms with Gasteiger partial charge in [0.05, 0.1) is 0 Å². The van der Waals surface area contributed by atoms with E-state index < -0.39 is 0 Å². The fraction of sp³-hybridized carbons (Fsp3) is 0.667. The van der Waals surface area contributed by atoms with Crippen LogP contribution < -0.4 is 10.6 Å². The van der Waals surface area contributed by atoms with E-state index in [0.717, 1.165) is 24.5 Å². The molecule has 0 aliphatic carbocycles. The SMILES string of the molecule is CC(C)c1c(N)ncnc1N1CCCSCC1. The molecule has 1 saturated heterocycles. The molecule has 2 N–H and O–H groups in total. The van der Waals surface area contributed by atoms with Crippen LogP contribution in [0.15, 0.2) is 6.33 Å². The highest BCUT2D eigenvalue weighted by Gasteiger charge is 2.19. The fourth-order valence-corrected chi connectivity index (χ4v) is 3.05. The first kappa shape index (κ1) is 12.5. The van der Waals surface area contributed by atoms with Crippen molar-refractivity contribution in [3.63, 3.8) is 0 Å². The third-order valence-electron chi connectivity index (χ3n) is 2.99. The first-order valence-electron chi connectivity index (χ1n) is 6.13. The van der Waals surface area contributed by atoms with Gasteiger partial charge in [-0.3, -0.25) is 0 Å². The van der Waals surface area contributed by atoms with E-state index in [1.807, 2.05) is 11.8 Å². The van der Waals surface area contributed by atoms with Gasteiger partial charge in [-0.05, 0) is 18.1 Å². The Hall–Kier alpha value is -0.970. The van der Waals surface area contributed by atoms with E-state index in [-0.39, 0.29) is 0 Å². The van der Waals surface area contributed by atoms with Crippen LogP contribution >= 0.6 is 11.8 Å². The molecule has 0 aromatic carbocycles. The van der Waals surface area contributed by atoms with Gasteiger partial charge in [-0.2, -0.15) is 11.8 Å². The second kappa shape index (κ2) is 5.58. The summed E-state index contributed by atoms with van der Waals surface area (Å²) >= 11 is 2.02. The molecule has 94 valence electrons. The van der Waals surface area contributed by atoms with E-state index in [2.05, 4.69) is 28.7 Å². The van der Waals surface area contributed by atoms with Crippen molar-refractivity contribution in [1.82, 2.24) is 9.97 Å². The Morgan fingerprint density at radius 2 is 2.12 bits per heavy atom. The highest BCUT2D eigenvalue weighted by atomic mass is 32.2. The summed E-state index contributed by atoms with van der Waals surface area (Å²) in [7, 11) is 0. The van der Waals surface area contributed by atoms with Gasteiger partial charge in [0, 0.05) is 24.4 Å². The molecule has 17 heavy (non-hydrogen) atoms. The lowest BCUT2D eigenvalue weighted by Gasteiger charge is -2.25. The first-order chi connectivity index (χ1) is 8.20. The first-order valence-corrected chi connectivity index (χ1v) is 7.28. The molecule has 0 radical (unpaired) electrons. The minimum atomic E-state index is 0.363. The Kier molecular flexibility index (Phi) is 4.10. The Morgan fingerprint density at radius 3 is 2.88 bits per heavy atom. The Labute approximate surface area is 107 Å². The van der Waals surface area contributed by atoms with Crippen LogP contribution in [0.4, 0.5) is 11.6 Å². The maximum absolute atomic E-state index is 5.99. The molecule has 0 spiro atoms. The zero-order valence-corrected chi connectivity index (χ0v) is 11.3. The second-order valence-corrected chi connectivity index (χ2v) is 5.83. The third kappa shape index (κ3) is 2.83. The lowest BCUT2D eigenvalue weighted by molar-refractivity contribution is 0.768. The van der Waals surface area contributed by atoms with Gasteiger partial charge in [0.15, 0.2) is 0 Å². The number of nitrogen functional groups attached to an aromatic ring is 1. The van der Waals surface area contributed by atoms with E-state index >= 15 is 0 Å². The van der Waals surface area contributed by atoms with Crippen LogP contribution in [0.2, 0.25) is 0 Å². The second-order valence-electron chi connectivity index (χ2n) is 4.60. The van der Waals surface area contributed by atoms with Crippen LogP contribution in [-0.2, 0) is 0 Å². The number of hydrogen-bond donors (Lipinski definition) is 1. The average Bonchev–Trinajstić information content (AvgIpc) is 2.56. The smallest absolute Gasteiger partial charge is 0.137 e. The maximum Gasteiger partial charge on any atom is 0.137 e. The van der Waals surface area contributed by atoms with Crippen LogP contribution in [0, 0.1) is 0 Å². The molecule has 5 heteroatoms. The molecular formula is C12H20N4S. The van der Waals surface area contributed by atoms with Gasteiger partial charge in [-0.15, -0.1) is 0 Å². The molecule has 0 unspecified atom stereocenters. The molecular weight excluding hydrogens is 232 g/mol. The van der Waals surface area contributed by atoms with Crippen LogP contribution in [0.1, 0.15) is 31.7 Å². The molecule has 1 fully saturated rings. The van der Waals surface area contributed by atoms with E-state index in [4.69, 9.17) is 5.73 Å². The van der Waals surface area contributed by atoms with Crippen LogP contribution in [0.5, 0.6) is 0 Å². The highest BCUT2D eigenvalue weighted by Crippen LogP contribution is 2.30. The van der Waals surface area contributed by atoms with E-state index in [9.17, 15) is 0 Å². The van der Waals surface area contributed by atoms with E-state index in [0.29, 0.717) is 11.7 Å². The topological polar surface area (TPSA) is 55.0 Å². The van der Waals surface area contributed by atoms with Crippen molar-refractivity contribution in [3.8, 4) is 0 Å². The van der Waals surface area contributed by atoms with Gasteiger partial charge in [0.2, 0.25) is 0 Å². The Balaban J connectivity index is 2.32. The molecule has 4 nitrogen and oxygen atoms in total. The van der Waals surface area contributed by atoms with Crippen LogP contribution in [-0.4, -0.2) is 34.6 Å². The summed E-state index contributed by atoms with van der Waals surface area (Å²) in [5.74, 6) is 4.44. The molecule has 2 rings (SSSR count). The summed E-state index contributed by atoms with van der Waals surface area (Å²) in [5, 5.41) is 0. The molecule has 0 saturated carbocycles. The molecule has 0 atom stereocenters. The summed E-state index contributed by atoms with van der Waals surface area (Å²) in [6.07, 6.45) is 2.79. The summed E-state index contributed by atoms with van der Waals surface area (Å²) in [6.45, 7) is 6.42. The number of anilines is 2. The van der Waals surface area contributed by atoms with Crippen LogP contribution in [0.3, 0.4) is 0 Å². The Morgan fingerprint density at radius 1 is 1.29 bits per heavy atom. The van der Waals surface area contributed by atoms with Crippen molar-refractivity contribution < 1.29 is 0 Å². The number of nitrogens with two attached hydrogens (primary N) is 1. The molecule has 1 aliphatic heterocycles. The lowest BCUT2D eigenvalue weighted by Crippen LogP contribution is -2.28. The molecule has 1 aliphatic rings. The number of hydrogen-bond acceptors (Lipinski definition) is 5. The van der Waals surface area contributed by atoms with Gasteiger partial charge < -0.3 is 10.6 Å². The monoisotopic (exact) mass is 252 g/mol.